The summed E-state index contributed by atoms with van der Waals surface area (Å²) in [6, 6.07) is 11.9. The zero-order chi connectivity index (χ0) is 21.3. The van der Waals surface area contributed by atoms with Gasteiger partial charge in [0.15, 0.2) is 0 Å². The van der Waals surface area contributed by atoms with Crippen LogP contribution < -0.4 is 32.9 Å². The number of hydrogen-bond acceptors (Lipinski definition) is 3. The van der Waals surface area contributed by atoms with Gasteiger partial charge in [0.05, 0.1) is 11.4 Å². The highest BCUT2D eigenvalue weighted by atomic mass is 32.2. The SMILES string of the molecule is [B]c1c([B])c(-c2ccc(N)c(NC(=O)c3ccc(SC)cc3)c2)c([B])c([B])c1F. The molecule has 3 rings (SSSR count). The number of amides is 1. The van der Waals surface area contributed by atoms with Crippen molar-refractivity contribution in [3.63, 3.8) is 0 Å². The molecule has 9 heteroatoms. The molecule has 29 heavy (non-hydrogen) atoms. The molecule has 3 aromatic rings. The number of nitrogens with two attached hydrogens (primary N) is 1. The fourth-order valence-corrected chi connectivity index (χ4v) is 3.27. The predicted octanol–water partition coefficient (Wildman–Crippen LogP) is 0.224. The van der Waals surface area contributed by atoms with Gasteiger partial charge in [-0.3, -0.25) is 4.79 Å². The van der Waals surface area contributed by atoms with Gasteiger partial charge in [-0.25, -0.2) is 4.39 Å². The van der Waals surface area contributed by atoms with Gasteiger partial charge in [-0.2, -0.15) is 0 Å². The Morgan fingerprint density at radius 3 is 2.10 bits per heavy atom. The Bertz CT molecular complexity index is 1080. The normalized spacial score (nSPS) is 10.7. The number of anilines is 2. The number of thioether (sulfide) groups is 1. The summed E-state index contributed by atoms with van der Waals surface area (Å²) in [6.45, 7) is 0. The monoisotopic (exact) mass is 392 g/mol. The van der Waals surface area contributed by atoms with E-state index in [0.717, 1.165) is 4.90 Å². The number of carbonyl (C=O) groups is 1. The average Bonchev–Trinajstić information content (AvgIpc) is 2.73. The van der Waals surface area contributed by atoms with Crippen molar-refractivity contribution in [3.8, 4) is 11.1 Å². The molecule has 0 bridgehead atoms. The van der Waals surface area contributed by atoms with Gasteiger partial charge in [-0.15, -0.1) is 11.8 Å². The first kappa shape index (κ1) is 21.2. The van der Waals surface area contributed by atoms with Gasteiger partial charge in [-0.1, -0.05) is 27.9 Å². The maximum atomic E-state index is 14.0. The van der Waals surface area contributed by atoms with Crippen LogP contribution in [-0.2, 0) is 0 Å². The van der Waals surface area contributed by atoms with Gasteiger partial charge < -0.3 is 11.1 Å². The number of halogens is 1. The van der Waals surface area contributed by atoms with E-state index < -0.39 is 5.82 Å². The molecule has 0 aliphatic heterocycles. The van der Waals surface area contributed by atoms with Crippen LogP contribution in [0.3, 0.4) is 0 Å². The van der Waals surface area contributed by atoms with Crippen LogP contribution in [0.15, 0.2) is 47.4 Å². The van der Waals surface area contributed by atoms with Crippen LogP contribution in [0.2, 0.25) is 0 Å². The molecule has 8 radical (unpaired) electrons. The second-order valence-electron chi connectivity index (χ2n) is 6.33. The quantitative estimate of drug-likeness (QED) is 0.380. The molecule has 3 nitrogen and oxygen atoms in total. The minimum absolute atomic E-state index is 0.0381. The first-order valence-electron chi connectivity index (χ1n) is 8.51. The summed E-state index contributed by atoms with van der Waals surface area (Å²) in [6.07, 6.45) is 1.95. The molecular formula is C20H13B4FN2OS. The van der Waals surface area contributed by atoms with Crippen LogP contribution in [0.5, 0.6) is 0 Å². The molecule has 1 amide bonds. The van der Waals surface area contributed by atoms with Gasteiger partial charge in [0.2, 0.25) is 0 Å². The molecule has 0 spiro atoms. The van der Waals surface area contributed by atoms with Crippen LogP contribution in [0.1, 0.15) is 10.4 Å². The van der Waals surface area contributed by atoms with E-state index in [1.165, 1.54) is 0 Å². The summed E-state index contributed by atoms with van der Waals surface area (Å²) in [5, 5.41) is 2.76. The maximum Gasteiger partial charge on any atom is 0.255 e. The van der Waals surface area contributed by atoms with E-state index in [9.17, 15) is 9.18 Å². The third-order valence-corrected chi connectivity index (χ3v) is 5.28. The molecule has 0 saturated carbocycles. The standard InChI is InChI=1S/C20H13B4FN2OS/c1-29-11-5-2-9(3-6-11)20(28)27-13-8-10(4-7-12(13)26)14-15(21)17(23)19(25)18(24)16(14)22/h2-8H,26H2,1H3,(H,27,28). The molecule has 3 N–H and O–H groups in total. The number of nitrogen functional groups attached to an aromatic ring is 1. The Labute approximate surface area is 178 Å². The number of rotatable bonds is 4. The van der Waals surface area contributed by atoms with Gasteiger partial charge in [0.1, 0.15) is 37.2 Å². The highest BCUT2D eigenvalue weighted by Gasteiger charge is 2.16. The lowest BCUT2D eigenvalue weighted by Gasteiger charge is -2.20. The summed E-state index contributed by atoms with van der Waals surface area (Å²) in [5.74, 6) is -1.19. The Morgan fingerprint density at radius 2 is 1.55 bits per heavy atom. The fraction of sp³-hybridized carbons (Fsp3) is 0.0500. The van der Waals surface area contributed by atoms with Gasteiger partial charge in [-0.05, 0) is 53.8 Å². The van der Waals surface area contributed by atoms with E-state index in [-0.39, 0.29) is 33.3 Å². The van der Waals surface area contributed by atoms with Crippen LogP contribution in [-0.4, -0.2) is 43.5 Å². The molecule has 0 fully saturated rings. The van der Waals surface area contributed by atoms with E-state index in [4.69, 9.17) is 37.1 Å². The third-order valence-electron chi connectivity index (χ3n) is 4.53. The zero-order valence-electron chi connectivity index (χ0n) is 15.6. The van der Waals surface area contributed by atoms with Crippen molar-refractivity contribution in [2.24, 2.45) is 0 Å². The lowest BCUT2D eigenvalue weighted by molar-refractivity contribution is 0.102. The van der Waals surface area contributed by atoms with Crippen LogP contribution in [0.4, 0.5) is 15.8 Å². The molecule has 0 heterocycles. The number of carbonyl (C=O) groups excluding carboxylic acids is 1. The van der Waals surface area contributed by atoms with Crippen molar-refractivity contribution >= 4 is 82.3 Å². The molecule has 0 aliphatic carbocycles. The second kappa shape index (κ2) is 8.46. The molecule has 3 aromatic carbocycles. The van der Waals surface area contributed by atoms with Crippen LogP contribution >= 0.6 is 11.8 Å². The van der Waals surface area contributed by atoms with E-state index in [1.807, 2.05) is 18.4 Å². The first-order valence-corrected chi connectivity index (χ1v) is 9.73. The van der Waals surface area contributed by atoms with Crippen LogP contribution in [0, 0.1) is 5.82 Å². The zero-order valence-corrected chi connectivity index (χ0v) is 16.4. The van der Waals surface area contributed by atoms with Gasteiger partial charge in [0.25, 0.3) is 5.91 Å². The minimum Gasteiger partial charge on any atom is -0.397 e. The van der Waals surface area contributed by atoms with Crippen molar-refractivity contribution in [3.05, 3.63) is 53.8 Å². The second-order valence-corrected chi connectivity index (χ2v) is 7.21. The maximum absolute atomic E-state index is 14.0. The van der Waals surface area contributed by atoms with Crippen molar-refractivity contribution in [1.82, 2.24) is 0 Å². The van der Waals surface area contributed by atoms with Gasteiger partial charge in [0, 0.05) is 10.5 Å². The molecule has 0 saturated heterocycles. The molecule has 0 atom stereocenters. The van der Waals surface area contributed by atoms with Crippen molar-refractivity contribution in [2.75, 3.05) is 17.3 Å². The summed E-state index contributed by atoms with van der Waals surface area (Å²) < 4.78 is 14.0. The topological polar surface area (TPSA) is 55.1 Å². The van der Waals surface area contributed by atoms with E-state index >= 15 is 0 Å². The molecule has 134 valence electrons. The van der Waals surface area contributed by atoms with Crippen molar-refractivity contribution < 1.29 is 9.18 Å². The Morgan fingerprint density at radius 1 is 0.966 bits per heavy atom. The molecule has 0 aromatic heterocycles. The number of benzene rings is 3. The lowest BCUT2D eigenvalue weighted by Crippen LogP contribution is -2.45. The number of hydrogen-bond donors (Lipinski definition) is 2. The largest absolute Gasteiger partial charge is 0.397 e. The Kier molecular flexibility index (Phi) is 6.18. The van der Waals surface area contributed by atoms with Gasteiger partial charge >= 0.3 is 0 Å². The average molecular weight is 392 g/mol. The first-order chi connectivity index (χ1) is 13.7. The molecule has 0 unspecified atom stereocenters. The lowest BCUT2D eigenvalue weighted by atomic mass is 9.65. The highest BCUT2D eigenvalue weighted by molar-refractivity contribution is 7.98. The summed E-state index contributed by atoms with van der Waals surface area (Å²) >= 11 is 1.58. The molecule has 0 aliphatic rings. The van der Waals surface area contributed by atoms with E-state index in [1.54, 1.807) is 42.1 Å². The van der Waals surface area contributed by atoms with E-state index in [0.29, 0.717) is 22.5 Å². The highest BCUT2D eigenvalue weighted by Crippen LogP contribution is 2.26. The van der Waals surface area contributed by atoms with Crippen molar-refractivity contribution in [2.45, 2.75) is 4.90 Å². The Hall–Kier alpha value is -2.53. The van der Waals surface area contributed by atoms with Crippen molar-refractivity contribution in [1.29, 1.82) is 0 Å². The predicted molar refractivity (Wildman–Crippen MR) is 124 cm³/mol. The summed E-state index contributed by atoms with van der Waals surface area (Å²) in [5.41, 5.74) is 7.28. The third kappa shape index (κ3) is 4.10. The minimum atomic E-state index is -0.860. The van der Waals surface area contributed by atoms with Crippen LogP contribution in [0.25, 0.3) is 11.1 Å². The Balaban J connectivity index is 2.00. The summed E-state index contributed by atoms with van der Waals surface area (Å²) in [7, 11) is 23.4. The van der Waals surface area contributed by atoms with E-state index in [2.05, 4.69) is 5.32 Å². The smallest absolute Gasteiger partial charge is 0.255 e. The molecular weight excluding hydrogens is 379 g/mol. The fourth-order valence-electron chi connectivity index (χ4n) is 2.86. The number of nitrogens with one attached hydrogen (secondary N) is 1. The summed E-state index contributed by atoms with van der Waals surface area (Å²) in [4.78, 5) is 13.6.